The van der Waals surface area contributed by atoms with Crippen molar-refractivity contribution in [1.29, 1.82) is 0 Å². The normalized spacial score (nSPS) is 34.6. The summed E-state index contributed by atoms with van der Waals surface area (Å²) in [5.41, 5.74) is 1.44. The fourth-order valence-corrected chi connectivity index (χ4v) is 6.35. The third-order valence-corrected chi connectivity index (χ3v) is 7.31. The number of nitrogens with one attached hydrogen (secondary N) is 2. The number of carbonyl (C=O) groups excluding carboxylic acids is 1. The highest BCUT2D eigenvalue weighted by Crippen LogP contribution is 2.65. The van der Waals surface area contributed by atoms with Crippen molar-refractivity contribution in [2.24, 2.45) is 17.3 Å². The van der Waals surface area contributed by atoms with Gasteiger partial charge in [-0.2, -0.15) is 0 Å². The molecule has 27 heavy (non-hydrogen) atoms. The van der Waals surface area contributed by atoms with E-state index in [-0.39, 0.29) is 23.2 Å². The van der Waals surface area contributed by atoms with Crippen molar-refractivity contribution in [1.82, 2.24) is 10.6 Å². The average Bonchev–Trinajstić information content (AvgIpc) is 2.64. The van der Waals surface area contributed by atoms with E-state index in [1.165, 1.54) is 24.8 Å². The number of rotatable bonds is 6. The summed E-state index contributed by atoms with van der Waals surface area (Å²) in [5.74, 6) is 2.61. The zero-order valence-electron chi connectivity index (χ0n) is 16.7. The van der Waals surface area contributed by atoms with E-state index in [0.29, 0.717) is 30.3 Å². The Hall–Kier alpha value is -1.26. The average molecular weight is 393 g/mol. The predicted octanol–water partition coefficient (Wildman–Crippen LogP) is 3.68. The summed E-state index contributed by atoms with van der Waals surface area (Å²) < 4.78 is 5.34. The molecule has 0 heterocycles. The quantitative estimate of drug-likeness (QED) is 0.776. The second kappa shape index (κ2) is 7.63. The first-order chi connectivity index (χ1) is 12.5. The minimum Gasteiger partial charge on any atom is -0.497 e. The first-order valence-electron chi connectivity index (χ1n) is 10.1. The van der Waals surface area contributed by atoms with Gasteiger partial charge in [0, 0.05) is 12.6 Å². The fraction of sp³-hybridized carbons (Fsp3) is 0.682. The van der Waals surface area contributed by atoms with Gasteiger partial charge in [-0.15, -0.1) is 12.4 Å². The lowest BCUT2D eigenvalue weighted by Crippen LogP contribution is -2.59. The Morgan fingerprint density at radius 2 is 1.81 bits per heavy atom. The first kappa shape index (κ1) is 20.5. The predicted molar refractivity (Wildman–Crippen MR) is 111 cm³/mol. The van der Waals surface area contributed by atoms with Gasteiger partial charge in [0.05, 0.1) is 12.5 Å². The van der Waals surface area contributed by atoms with E-state index in [2.05, 4.69) is 41.8 Å². The molecular formula is C22H33ClN2O2. The van der Waals surface area contributed by atoms with E-state index in [0.717, 1.165) is 25.0 Å². The van der Waals surface area contributed by atoms with Crippen LogP contribution < -0.4 is 15.4 Å². The summed E-state index contributed by atoms with van der Waals surface area (Å²) in [6.45, 7) is 2.82. The number of hydrogen-bond acceptors (Lipinski definition) is 3. The minimum absolute atomic E-state index is 0. The Labute approximate surface area is 169 Å². The van der Waals surface area contributed by atoms with Crippen LogP contribution in [-0.2, 0) is 10.2 Å². The highest BCUT2D eigenvalue weighted by atomic mass is 35.5. The molecular weight excluding hydrogens is 360 g/mol. The zero-order valence-corrected chi connectivity index (χ0v) is 17.5. The third-order valence-electron chi connectivity index (χ3n) is 7.31. The molecule has 1 aromatic rings. The van der Waals surface area contributed by atoms with Crippen molar-refractivity contribution in [2.75, 3.05) is 20.7 Å². The van der Waals surface area contributed by atoms with Crippen molar-refractivity contribution in [2.45, 2.75) is 56.9 Å². The summed E-state index contributed by atoms with van der Waals surface area (Å²) >= 11 is 0. The molecule has 5 rings (SSSR count). The largest absolute Gasteiger partial charge is 0.497 e. The molecule has 4 nitrogen and oxygen atoms in total. The molecule has 4 saturated carbocycles. The van der Waals surface area contributed by atoms with Gasteiger partial charge < -0.3 is 15.4 Å². The van der Waals surface area contributed by atoms with E-state index in [1.807, 2.05) is 7.05 Å². The molecule has 3 unspecified atom stereocenters. The molecule has 0 aliphatic heterocycles. The number of methoxy groups -OCH3 is 1. The van der Waals surface area contributed by atoms with Crippen molar-refractivity contribution < 1.29 is 9.53 Å². The van der Waals surface area contributed by atoms with Gasteiger partial charge in [-0.25, -0.2) is 0 Å². The maximum absolute atomic E-state index is 13.2. The highest BCUT2D eigenvalue weighted by molar-refractivity contribution is 5.85. The van der Waals surface area contributed by atoms with Crippen molar-refractivity contribution in [3.05, 3.63) is 29.8 Å². The lowest BCUT2D eigenvalue weighted by molar-refractivity contribution is -0.149. The number of benzene rings is 1. The third kappa shape index (κ3) is 3.58. The van der Waals surface area contributed by atoms with Crippen LogP contribution in [0.15, 0.2) is 24.3 Å². The Balaban J connectivity index is 0.00000210. The van der Waals surface area contributed by atoms with Gasteiger partial charge in [0.25, 0.3) is 0 Å². The van der Waals surface area contributed by atoms with Crippen LogP contribution in [0.25, 0.3) is 0 Å². The molecule has 2 N–H and O–H groups in total. The van der Waals surface area contributed by atoms with Crippen LogP contribution in [-0.4, -0.2) is 32.7 Å². The molecule has 150 valence electrons. The summed E-state index contributed by atoms with van der Waals surface area (Å²) in [6, 6.07) is 8.94. The minimum atomic E-state index is -0.155. The fourth-order valence-electron chi connectivity index (χ4n) is 6.35. The molecule has 4 fully saturated rings. The van der Waals surface area contributed by atoms with Gasteiger partial charge >= 0.3 is 0 Å². The molecule has 5 heteroatoms. The topological polar surface area (TPSA) is 50.4 Å². The summed E-state index contributed by atoms with van der Waals surface area (Å²) in [7, 11) is 3.66. The van der Waals surface area contributed by atoms with E-state index in [1.54, 1.807) is 7.11 Å². The molecule has 0 saturated heterocycles. The Bertz CT molecular complexity index is 661. The van der Waals surface area contributed by atoms with E-state index >= 15 is 0 Å². The second-order valence-corrected chi connectivity index (χ2v) is 9.15. The van der Waals surface area contributed by atoms with Crippen molar-refractivity contribution >= 4 is 18.3 Å². The highest BCUT2D eigenvalue weighted by Gasteiger charge is 2.60. The second-order valence-electron chi connectivity index (χ2n) is 9.15. The summed E-state index contributed by atoms with van der Waals surface area (Å²) in [5, 5.41) is 6.47. The van der Waals surface area contributed by atoms with Gasteiger partial charge in [-0.3, -0.25) is 4.79 Å². The van der Waals surface area contributed by atoms with Crippen LogP contribution in [0.1, 0.15) is 51.0 Å². The number of amides is 1. The molecule has 4 aliphatic carbocycles. The number of carbonyl (C=O) groups is 1. The molecule has 1 amide bonds. The van der Waals surface area contributed by atoms with Crippen LogP contribution in [0.2, 0.25) is 0 Å². The van der Waals surface area contributed by atoms with Crippen LogP contribution in [0.3, 0.4) is 0 Å². The zero-order chi connectivity index (χ0) is 18.4. The molecule has 4 bridgehead atoms. The number of likely N-dealkylation sites (N-methyl/N-ethyl adjacent to an activating group) is 1. The molecule has 0 spiro atoms. The molecule has 3 atom stereocenters. The Kier molecular flexibility index (Phi) is 5.79. The van der Waals surface area contributed by atoms with Crippen LogP contribution in [0.5, 0.6) is 5.75 Å². The lowest BCUT2D eigenvalue weighted by atomic mass is 9.42. The van der Waals surface area contributed by atoms with E-state index in [4.69, 9.17) is 4.74 Å². The van der Waals surface area contributed by atoms with E-state index in [9.17, 15) is 4.79 Å². The number of halogens is 1. The number of hydrogen-bond donors (Lipinski definition) is 2. The maximum Gasteiger partial charge on any atom is 0.226 e. The van der Waals surface area contributed by atoms with Crippen LogP contribution in [0, 0.1) is 17.3 Å². The Morgan fingerprint density at radius 3 is 2.37 bits per heavy atom. The van der Waals surface area contributed by atoms with Crippen LogP contribution >= 0.6 is 12.4 Å². The first-order valence-corrected chi connectivity index (χ1v) is 10.1. The molecule has 4 aliphatic rings. The maximum atomic E-state index is 13.2. The van der Waals surface area contributed by atoms with Crippen LogP contribution in [0.4, 0.5) is 0 Å². The smallest absolute Gasteiger partial charge is 0.226 e. The Morgan fingerprint density at radius 1 is 1.19 bits per heavy atom. The standard InChI is InChI=1S/C22H32N2O2.ClH/c1-15(23-2)13-24-20(25)22-11-16-8-17(12-22)10-21(9-16,14-22)18-4-6-19(26-3)7-5-18;/h4-7,15-17,23H,8-14H2,1-3H3,(H,24,25);1H. The lowest BCUT2D eigenvalue weighted by Gasteiger charge is -2.61. The SMILES string of the molecule is CNC(C)CNC(=O)C12CC3CC(C1)CC(c1ccc(OC)cc1)(C3)C2.Cl. The molecule has 1 aromatic carbocycles. The van der Waals surface area contributed by atoms with E-state index < -0.39 is 0 Å². The van der Waals surface area contributed by atoms with Gasteiger partial charge in [0.2, 0.25) is 5.91 Å². The number of ether oxygens (including phenoxy) is 1. The molecule has 0 radical (unpaired) electrons. The van der Waals surface area contributed by atoms with Gasteiger partial charge in [-0.05, 0) is 87.4 Å². The van der Waals surface area contributed by atoms with Gasteiger partial charge in [-0.1, -0.05) is 12.1 Å². The molecule has 0 aromatic heterocycles. The summed E-state index contributed by atoms with van der Waals surface area (Å²) in [6.07, 6.45) is 7.00. The van der Waals surface area contributed by atoms with Crippen molar-refractivity contribution in [3.8, 4) is 5.75 Å². The summed E-state index contributed by atoms with van der Waals surface area (Å²) in [4.78, 5) is 13.2. The van der Waals surface area contributed by atoms with Crippen molar-refractivity contribution in [3.63, 3.8) is 0 Å². The van der Waals surface area contributed by atoms with Gasteiger partial charge in [0.1, 0.15) is 5.75 Å². The monoisotopic (exact) mass is 392 g/mol. The van der Waals surface area contributed by atoms with Gasteiger partial charge in [0.15, 0.2) is 0 Å².